The van der Waals surface area contributed by atoms with E-state index in [0.717, 1.165) is 11.1 Å². The number of nitrogens with zero attached hydrogens (tertiary/aromatic N) is 1. The standard InChI is InChI=1S/C25H27ClN2O4S/c1-2-15-27-33(30,31)22-13-14-24(23(26)16-22)32-19-25(29)28(17-20-9-5-3-6-10-20)18-21-11-7-4-8-12-21/h3-14,16,27H,2,15,17-19H2,1H3. The van der Waals surface area contributed by atoms with Crippen LogP contribution in [0.15, 0.2) is 83.8 Å². The molecule has 0 heterocycles. The number of sulfonamides is 1. The molecule has 33 heavy (non-hydrogen) atoms. The van der Waals surface area contributed by atoms with Crippen molar-refractivity contribution in [2.75, 3.05) is 13.2 Å². The van der Waals surface area contributed by atoms with E-state index in [-0.39, 0.29) is 28.2 Å². The Bertz CT molecular complexity index is 1110. The summed E-state index contributed by atoms with van der Waals surface area (Å²) in [6.07, 6.45) is 0.679. The van der Waals surface area contributed by atoms with Crippen molar-refractivity contribution in [2.45, 2.75) is 31.3 Å². The van der Waals surface area contributed by atoms with Crippen molar-refractivity contribution in [2.24, 2.45) is 0 Å². The number of nitrogens with one attached hydrogen (secondary N) is 1. The van der Waals surface area contributed by atoms with Crippen molar-refractivity contribution in [3.8, 4) is 5.75 Å². The average molecular weight is 487 g/mol. The Labute approximate surface area is 200 Å². The fraction of sp³-hybridized carbons (Fsp3) is 0.240. The summed E-state index contributed by atoms with van der Waals surface area (Å²) < 4.78 is 32.7. The lowest BCUT2D eigenvalue weighted by atomic mass is 10.1. The summed E-state index contributed by atoms with van der Waals surface area (Å²) in [5.74, 6) is 0.0407. The maximum Gasteiger partial charge on any atom is 0.261 e. The van der Waals surface area contributed by atoms with E-state index in [2.05, 4.69) is 4.72 Å². The zero-order valence-electron chi connectivity index (χ0n) is 18.4. The van der Waals surface area contributed by atoms with Gasteiger partial charge in [-0.15, -0.1) is 0 Å². The zero-order valence-corrected chi connectivity index (χ0v) is 20.0. The van der Waals surface area contributed by atoms with E-state index >= 15 is 0 Å². The maximum absolute atomic E-state index is 13.0. The molecule has 3 rings (SSSR count). The molecular weight excluding hydrogens is 460 g/mol. The highest BCUT2D eigenvalue weighted by molar-refractivity contribution is 7.89. The first-order chi connectivity index (χ1) is 15.9. The average Bonchev–Trinajstić information content (AvgIpc) is 2.82. The highest BCUT2D eigenvalue weighted by Gasteiger charge is 2.18. The Morgan fingerprint density at radius 2 is 1.52 bits per heavy atom. The number of benzene rings is 3. The minimum absolute atomic E-state index is 0.0504. The molecule has 0 atom stereocenters. The molecule has 0 aliphatic carbocycles. The van der Waals surface area contributed by atoms with Crippen molar-refractivity contribution >= 4 is 27.5 Å². The van der Waals surface area contributed by atoms with Crippen molar-refractivity contribution in [1.29, 1.82) is 0 Å². The number of carbonyl (C=O) groups is 1. The number of hydrogen-bond donors (Lipinski definition) is 1. The summed E-state index contributed by atoms with van der Waals surface area (Å²) in [5, 5.41) is 0.125. The second kappa shape index (κ2) is 11.8. The molecular formula is C25H27ClN2O4S. The molecule has 3 aromatic carbocycles. The van der Waals surface area contributed by atoms with Gasteiger partial charge in [0.1, 0.15) is 5.75 Å². The normalized spacial score (nSPS) is 11.2. The van der Waals surface area contributed by atoms with Crippen LogP contribution in [0.2, 0.25) is 5.02 Å². The number of amides is 1. The number of halogens is 1. The van der Waals surface area contributed by atoms with Gasteiger partial charge in [-0.3, -0.25) is 4.79 Å². The van der Waals surface area contributed by atoms with Crippen LogP contribution in [-0.4, -0.2) is 32.4 Å². The van der Waals surface area contributed by atoms with Gasteiger partial charge in [0.2, 0.25) is 10.0 Å². The lowest BCUT2D eigenvalue weighted by Gasteiger charge is -2.23. The van der Waals surface area contributed by atoms with Crippen LogP contribution >= 0.6 is 11.6 Å². The van der Waals surface area contributed by atoms with Crippen molar-refractivity contribution in [3.63, 3.8) is 0 Å². The van der Waals surface area contributed by atoms with E-state index in [1.54, 1.807) is 4.90 Å². The molecule has 0 fully saturated rings. The Morgan fingerprint density at radius 3 is 2.03 bits per heavy atom. The van der Waals surface area contributed by atoms with Gasteiger partial charge in [0.05, 0.1) is 9.92 Å². The van der Waals surface area contributed by atoms with E-state index in [1.165, 1.54) is 18.2 Å². The molecule has 0 aromatic heterocycles. The van der Waals surface area contributed by atoms with E-state index < -0.39 is 10.0 Å². The molecule has 0 aliphatic heterocycles. The van der Waals surface area contributed by atoms with Crippen LogP contribution < -0.4 is 9.46 Å². The molecule has 1 amide bonds. The van der Waals surface area contributed by atoms with Gasteiger partial charge in [0.25, 0.3) is 5.91 Å². The summed E-state index contributed by atoms with van der Waals surface area (Å²) in [7, 11) is -3.64. The third kappa shape index (κ3) is 7.32. The molecule has 0 unspecified atom stereocenters. The van der Waals surface area contributed by atoms with Gasteiger partial charge >= 0.3 is 0 Å². The van der Waals surface area contributed by atoms with E-state index in [0.29, 0.717) is 26.1 Å². The van der Waals surface area contributed by atoms with Crippen LogP contribution in [0.25, 0.3) is 0 Å². The van der Waals surface area contributed by atoms with Gasteiger partial charge in [-0.05, 0) is 35.7 Å². The molecule has 0 bridgehead atoms. The molecule has 1 N–H and O–H groups in total. The minimum Gasteiger partial charge on any atom is -0.482 e. The lowest BCUT2D eigenvalue weighted by molar-refractivity contribution is -0.134. The van der Waals surface area contributed by atoms with Crippen LogP contribution in [0.3, 0.4) is 0 Å². The van der Waals surface area contributed by atoms with Crippen LogP contribution in [0, 0.1) is 0 Å². The second-order valence-electron chi connectivity index (χ2n) is 7.50. The lowest BCUT2D eigenvalue weighted by Crippen LogP contribution is -2.34. The Balaban J connectivity index is 1.70. The van der Waals surface area contributed by atoms with Gasteiger partial charge in [-0.2, -0.15) is 0 Å². The van der Waals surface area contributed by atoms with Gasteiger partial charge in [0, 0.05) is 19.6 Å². The summed E-state index contributed by atoms with van der Waals surface area (Å²) in [4.78, 5) is 14.8. The van der Waals surface area contributed by atoms with Crippen LogP contribution in [0.5, 0.6) is 5.75 Å². The van der Waals surface area contributed by atoms with Crippen LogP contribution in [0.4, 0.5) is 0 Å². The fourth-order valence-electron chi connectivity index (χ4n) is 3.16. The van der Waals surface area contributed by atoms with E-state index in [9.17, 15) is 13.2 Å². The molecule has 6 nitrogen and oxygen atoms in total. The summed E-state index contributed by atoms with van der Waals surface area (Å²) in [6, 6.07) is 23.7. The first-order valence-corrected chi connectivity index (χ1v) is 12.5. The Kier molecular flexibility index (Phi) is 8.88. The van der Waals surface area contributed by atoms with Crippen molar-refractivity contribution in [1.82, 2.24) is 9.62 Å². The number of ether oxygens (including phenoxy) is 1. The molecule has 0 saturated heterocycles. The summed E-state index contributed by atoms with van der Waals surface area (Å²) >= 11 is 6.25. The molecule has 0 radical (unpaired) electrons. The highest BCUT2D eigenvalue weighted by atomic mass is 35.5. The van der Waals surface area contributed by atoms with E-state index in [4.69, 9.17) is 16.3 Å². The van der Waals surface area contributed by atoms with Crippen molar-refractivity contribution < 1.29 is 17.9 Å². The molecule has 0 spiro atoms. The molecule has 0 saturated carbocycles. The molecule has 3 aromatic rings. The quantitative estimate of drug-likeness (QED) is 0.428. The number of hydrogen-bond acceptors (Lipinski definition) is 4. The van der Waals surface area contributed by atoms with Crippen LogP contribution in [-0.2, 0) is 27.9 Å². The zero-order chi connectivity index (χ0) is 23.7. The first-order valence-electron chi connectivity index (χ1n) is 10.7. The molecule has 8 heteroatoms. The Hall–Kier alpha value is -2.87. The third-order valence-electron chi connectivity index (χ3n) is 4.89. The maximum atomic E-state index is 13.0. The summed E-state index contributed by atoms with van der Waals surface area (Å²) in [5.41, 5.74) is 2.02. The third-order valence-corrected chi connectivity index (χ3v) is 6.65. The fourth-order valence-corrected chi connectivity index (χ4v) is 4.62. The smallest absolute Gasteiger partial charge is 0.261 e. The molecule has 0 aliphatic rings. The monoisotopic (exact) mass is 486 g/mol. The highest BCUT2D eigenvalue weighted by Crippen LogP contribution is 2.27. The predicted octanol–water partition coefficient (Wildman–Crippen LogP) is 4.64. The minimum atomic E-state index is -3.64. The first kappa shape index (κ1) is 24.8. The largest absolute Gasteiger partial charge is 0.482 e. The SMILES string of the molecule is CCCNS(=O)(=O)c1ccc(OCC(=O)N(Cc2ccccc2)Cc2ccccc2)c(Cl)c1. The van der Waals surface area contributed by atoms with Gasteiger partial charge < -0.3 is 9.64 Å². The van der Waals surface area contributed by atoms with Gasteiger partial charge in [-0.25, -0.2) is 13.1 Å². The topological polar surface area (TPSA) is 75.7 Å². The second-order valence-corrected chi connectivity index (χ2v) is 9.67. The molecule has 174 valence electrons. The van der Waals surface area contributed by atoms with Crippen molar-refractivity contribution in [3.05, 3.63) is 95.0 Å². The van der Waals surface area contributed by atoms with Crippen LogP contribution in [0.1, 0.15) is 24.5 Å². The Morgan fingerprint density at radius 1 is 0.939 bits per heavy atom. The van der Waals surface area contributed by atoms with Gasteiger partial charge in [0.15, 0.2) is 6.61 Å². The summed E-state index contributed by atoms with van der Waals surface area (Å²) in [6.45, 7) is 2.87. The number of rotatable bonds is 11. The number of carbonyl (C=O) groups excluding carboxylic acids is 1. The van der Waals surface area contributed by atoms with E-state index in [1.807, 2.05) is 67.6 Å². The van der Waals surface area contributed by atoms with Gasteiger partial charge in [-0.1, -0.05) is 79.2 Å². The predicted molar refractivity (Wildman–Crippen MR) is 130 cm³/mol.